The number of methoxy groups -OCH3 is 1. The Bertz CT molecular complexity index is 448. The third-order valence-electron chi connectivity index (χ3n) is 4.43. The number of aromatic nitrogens is 2. The first-order chi connectivity index (χ1) is 8.63. The van der Waals surface area contributed by atoms with Gasteiger partial charge in [-0.3, -0.25) is 0 Å². The molecule has 2 unspecified atom stereocenters. The molecule has 5 nitrogen and oxygen atoms in total. The van der Waals surface area contributed by atoms with Crippen LogP contribution in [0.5, 0.6) is 5.88 Å². The van der Waals surface area contributed by atoms with Gasteiger partial charge in [-0.2, -0.15) is 4.98 Å². The zero-order valence-corrected chi connectivity index (χ0v) is 11.2. The minimum atomic E-state index is 0.0977. The van der Waals surface area contributed by atoms with Crippen molar-refractivity contribution in [1.82, 2.24) is 15.3 Å². The zero-order chi connectivity index (χ0) is 12.8. The highest BCUT2D eigenvalue weighted by Crippen LogP contribution is 2.42. The summed E-state index contributed by atoms with van der Waals surface area (Å²) in [5.41, 5.74) is 0.0977. The van der Waals surface area contributed by atoms with Gasteiger partial charge in [0.05, 0.1) is 7.11 Å². The predicted molar refractivity (Wildman–Crippen MR) is 69.9 cm³/mol. The van der Waals surface area contributed by atoms with Crippen LogP contribution in [-0.4, -0.2) is 42.3 Å². The van der Waals surface area contributed by atoms with E-state index in [0.717, 1.165) is 25.6 Å². The Balaban J connectivity index is 1.92. The number of nitrogens with one attached hydrogen (secondary N) is 1. The van der Waals surface area contributed by atoms with Crippen LogP contribution >= 0.6 is 0 Å². The average molecular weight is 248 g/mol. The van der Waals surface area contributed by atoms with Gasteiger partial charge in [0.2, 0.25) is 11.8 Å². The van der Waals surface area contributed by atoms with Crippen LogP contribution in [0.1, 0.15) is 13.8 Å². The molecule has 3 rings (SSSR count). The lowest BCUT2D eigenvalue weighted by Gasteiger charge is -2.35. The summed E-state index contributed by atoms with van der Waals surface area (Å²) in [7, 11) is 1.64. The summed E-state index contributed by atoms with van der Waals surface area (Å²) in [5.74, 6) is 2.79. The van der Waals surface area contributed by atoms with E-state index in [1.807, 2.05) is 0 Å². The van der Waals surface area contributed by atoms with E-state index in [1.165, 1.54) is 0 Å². The Labute approximate surface area is 108 Å². The summed E-state index contributed by atoms with van der Waals surface area (Å²) in [6, 6.07) is 1.79. The van der Waals surface area contributed by atoms with E-state index in [9.17, 15) is 0 Å². The standard InChI is InChI=1S/C13H20N4O/c1-13(2)10-7-14-6-9(10)8-17(13)12-15-5-4-11(16-12)18-3/h4-5,9-10,14H,6-8H2,1-3H3. The minimum absolute atomic E-state index is 0.0977. The van der Waals surface area contributed by atoms with Gasteiger partial charge in [-0.15, -0.1) is 0 Å². The molecule has 1 aromatic rings. The molecular weight excluding hydrogens is 228 g/mol. The molecule has 1 aromatic heterocycles. The highest BCUT2D eigenvalue weighted by molar-refractivity contribution is 5.40. The Hall–Kier alpha value is -1.36. The first kappa shape index (κ1) is 11.7. The fourth-order valence-corrected chi connectivity index (χ4v) is 3.34. The van der Waals surface area contributed by atoms with Crippen LogP contribution < -0.4 is 15.0 Å². The van der Waals surface area contributed by atoms with Crippen LogP contribution in [0, 0.1) is 11.8 Å². The number of hydrogen-bond donors (Lipinski definition) is 1. The number of fused-ring (bicyclic) bond motifs is 1. The number of nitrogens with zero attached hydrogens (tertiary/aromatic N) is 3. The van der Waals surface area contributed by atoms with Crippen molar-refractivity contribution in [2.45, 2.75) is 19.4 Å². The quantitative estimate of drug-likeness (QED) is 0.843. The van der Waals surface area contributed by atoms with Gasteiger partial charge in [0.1, 0.15) is 0 Å². The van der Waals surface area contributed by atoms with Crippen molar-refractivity contribution in [3.63, 3.8) is 0 Å². The molecule has 2 aliphatic rings. The van der Waals surface area contributed by atoms with Gasteiger partial charge >= 0.3 is 0 Å². The van der Waals surface area contributed by atoms with Crippen molar-refractivity contribution >= 4 is 5.95 Å². The van der Waals surface area contributed by atoms with E-state index in [0.29, 0.717) is 17.7 Å². The van der Waals surface area contributed by atoms with Gasteiger partial charge in [-0.25, -0.2) is 4.98 Å². The molecule has 2 atom stereocenters. The highest BCUT2D eigenvalue weighted by atomic mass is 16.5. The molecule has 0 saturated carbocycles. The maximum atomic E-state index is 5.19. The van der Waals surface area contributed by atoms with Crippen molar-refractivity contribution in [2.24, 2.45) is 11.8 Å². The Morgan fingerprint density at radius 3 is 3.00 bits per heavy atom. The second kappa shape index (κ2) is 4.09. The summed E-state index contributed by atoms with van der Waals surface area (Å²) in [6.07, 6.45) is 1.77. The summed E-state index contributed by atoms with van der Waals surface area (Å²) >= 11 is 0. The SMILES string of the molecule is COc1ccnc(N2CC3CNCC3C2(C)C)n1. The van der Waals surface area contributed by atoms with Crippen molar-refractivity contribution in [3.05, 3.63) is 12.3 Å². The number of ether oxygens (including phenoxy) is 1. The third-order valence-corrected chi connectivity index (χ3v) is 4.43. The first-order valence-corrected chi connectivity index (χ1v) is 6.48. The van der Waals surface area contributed by atoms with Crippen molar-refractivity contribution in [3.8, 4) is 5.88 Å². The molecule has 0 radical (unpaired) electrons. The number of rotatable bonds is 2. The number of hydrogen-bond acceptors (Lipinski definition) is 5. The predicted octanol–water partition coefficient (Wildman–Crippen LogP) is 0.919. The Morgan fingerprint density at radius 2 is 2.28 bits per heavy atom. The topological polar surface area (TPSA) is 50.3 Å². The van der Waals surface area contributed by atoms with Crippen LogP contribution in [0.25, 0.3) is 0 Å². The molecule has 5 heteroatoms. The van der Waals surface area contributed by atoms with E-state index in [4.69, 9.17) is 4.74 Å². The summed E-state index contributed by atoms with van der Waals surface area (Å²) in [6.45, 7) is 7.80. The van der Waals surface area contributed by atoms with Gasteiger partial charge in [-0.05, 0) is 25.7 Å². The zero-order valence-electron chi connectivity index (χ0n) is 11.2. The van der Waals surface area contributed by atoms with E-state index >= 15 is 0 Å². The molecule has 3 heterocycles. The molecule has 2 aliphatic heterocycles. The fourth-order valence-electron chi connectivity index (χ4n) is 3.34. The third kappa shape index (κ3) is 1.65. The summed E-state index contributed by atoms with van der Waals surface area (Å²) in [5, 5.41) is 3.48. The lowest BCUT2D eigenvalue weighted by Crippen LogP contribution is -2.45. The van der Waals surface area contributed by atoms with Gasteiger partial charge in [0.25, 0.3) is 0 Å². The van der Waals surface area contributed by atoms with Gasteiger partial charge in [0.15, 0.2) is 0 Å². The lowest BCUT2D eigenvalue weighted by molar-refractivity contribution is 0.353. The molecule has 1 N–H and O–H groups in total. The van der Waals surface area contributed by atoms with E-state index in [1.54, 1.807) is 19.4 Å². The second-order valence-electron chi connectivity index (χ2n) is 5.69. The molecule has 2 saturated heterocycles. The summed E-state index contributed by atoms with van der Waals surface area (Å²) < 4.78 is 5.19. The molecule has 2 fully saturated rings. The van der Waals surface area contributed by atoms with E-state index in [2.05, 4.69) is 34.0 Å². The molecule has 0 aliphatic carbocycles. The minimum Gasteiger partial charge on any atom is -0.481 e. The maximum Gasteiger partial charge on any atom is 0.229 e. The average Bonchev–Trinajstić information content (AvgIpc) is 2.92. The van der Waals surface area contributed by atoms with Crippen LogP contribution in [0.4, 0.5) is 5.95 Å². The molecule has 0 bridgehead atoms. The molecule has 18 heavy (non-hydrogen) atoms. The monoisotopic (exact) mass is 248 g/mol. The molecule has 98 valence electrons. The van der Waals surface area contributed by atoms with Crippen molar-refractivity contribution in [2.75, 3.05) is 31.6 Å². The normalized spacial score (nSPS) is 29.4. The highest BCUT2D eigenvalue weighted by Gasteiger charge is 2.50. The van der Waals surface area contributed by atoms with Crippen LogP contribution in [0.3, 0.4) is 0 Å². The van der Waals surface area contributed by atoms with Crippen LogP contribution in [-0.2, 0) is 0 Å². The van der Waals surface area contributed by atoms with Crippen LogP contribution in [0.2, 0.25) is 0 Å². The Kier molecular flexibility index (Phi) is 2.66. The maximum absolute atomic E-state index is 5.19. The van der Waals surface area contributed by atoms with Crippen molar-refractivity contribution < 1.29 is 4.74 Å². The fraction of sp³-hybridized carbons (Fsp3) is 0.692. The first-order valence-electron chi connectivity index (χ1n) is 6.48. The van der Waals surface area contributed by atoms with Gasteiger partial charge in [-0.1, -0.05) is 0 Å². The summed E-state index contributed by atoms with van der Waals surface area (Å²) in [4.78, 5) is 11.2. The van der Waals surface area contributed by atoms with Crippen LogP contribution in [0.15, 0.2) is 12.3 Å². The lowest BCUT2D eigenvalue weighted by atomic mass is 9.85. The van der Waals surface area contributed by atoms with E-state index < -0.39 is 0 Å². The molecular formula is C13H20N4O. The number of anilines is 1. The smallest absolute Gasteiger partial charge is 0.229 e. The largest absolute Gasteiger partial charge is 0.481 e. The molecule has 0 aromatic carbocycles. The Morgan fingerprint density at radius 1 is 1.44 bits per heavy atom. The second-order valence-corrected chi connectivity index (χ2v) is 5.69. The van der Waals surface area contributed by atoms with Gasteiger partial charge in [0, 0.05) is 37.4 Å². The van der Waals surface area contributed by atoms with E-state index in [-0.39, 0.29) is 5.54 Å². The van der Waals surface area contributed by atoms with Crippen molar-refractivity contribution in [1.29, 1.82) is 0 Å². The van der Waals surface area contributed by atoms with Gasteiger partial charge < -0.3 is 15.0 Å². The molecule has 0 amide bonds. The molecule has 0 spiro atoms.